The molecule has 16 heavy (non-hydrogen) atoms. The van der Waals surface area contributed by atoms with E-state index in [0.717, 1.165) is 12.8 Å². The van der Waals surface area contributed by atoms with Crippen LogP contribution in [0.15, 0.2) is 16.6 Å². The summed E-state index contributed by atoms with van der Waals surface area (Å²) in [6.07, 6.45) is 4.64. The second-order valence-corrected chi connectivity index (χ2v) is 5.13. The van der Waals surface area contributed by atoms with Gasteiger partial charge < -0.3 is 5.32 Å². The summed E-state index contributed by atoms with van der Waals surface area (Å²) < 4.78 is 27.4. The molecule has 1 nitrogen and oxygen atoms in total. The Balaban J connectivity index is 2.03. The van der Waals surface area contributed by atoms with Crippen molar-refractivity contribution < 1.29 is 8.78 Å². The fraction of sp³-hybridized carbons (Fsp3) is 0.500. The first-order chi connectivity index (χ1) is 7.66. The smallest absolute Gasteiger partial charge is 0.131 e. The zero-order valence-corrected chi connectivity index (χ0v) is 10.5. The maximum Gasteiger partial charge on any atom is 0.131 e. The highest BCUT2D eigenvalue weighted by Crippen LogP contribution is 2.21. The molecule has 1 saturated carbocycles. The van der Waals surface area contributed by atoms with Crippen LogP contribution in [0.4, 0.5) is 8.78 Å². The summed E-state index contributed by atoms with van der Waals surface area (Å²) in [5, 5.41) is 3.20. The summed E-state index contributed by atoms with van der Waals surface area (Å²) in [7, 11) is 0. The fourth-order valence-electron chi connectivity index (χ4n) is 2.12. The summed E-state index contributed by atoms with van der Waals surface area (Å²) in [5.41, 5.74) is 0.134. The van der Waals surface area contributed by atoms with Crippen molar-refractivity contribution in [2.24, 2.45) is 0 Å². The first-order valence-electron chi connectivity index (χ1n) is 5.53. The standard InChI is InChI=1S/C12H14BrF2N/c13-8-5-11(14)10(12(15)6-8)7-16-9-3-1-2-4-9/h5-6,9,16H,1-4,7H2. The molecule has 1 N–H and O–H groups in total. The molecule has 0 aromatic heterocycles. The average molecular weight is 290 g/mol. The molecule has 0 bridgehead atoms. The van der Waals surface area contributed by atoms with E-state index < -0.39 is 11.6 Å². The van der Waals surface area contributed by atoms with Crippen LogP contribution in [0.5, 0.6) is 0 Å². The summed E-state index contributed by atoms with van der Waals surface area (Å²) >= 11 is 3.06. The molecule has 4 heteroatoms. The lowest BCUT2D eigenvalue weighted by Gasteiger charge is -2.12. The zero-order chi connectivity index (χ0) is 11.5. The molecule has 0 radical (unpaired) electrons. The normalized spacial score (nSPS) is 16.9. The molecular weight excluding hydrogens is 276 g/mol. The number of nitrogens with one attached hydrogen (secondary N) is 1. The molecule has 0 saturated heterocycles. The van der Waals surface area contributed by atoms with Gasteiger partial charge in [0.1, 0.15) is 11.6 Å². The molecule has 1 aromatic carbocycles. The van der Waals surface area contributed by atoms with Gasteiger partial charge in [-0.25, -0.2) is 8.78 Å². The highest BCUT2D eigenvalue weighted by molar-refractivity contribution is 9.10. The summed E-state index contributed by atoms with van der Waals surface area (Å²) in [6, 6.07) is 3.02. The number of hydrogen-bond acceptors (Lipinski definition) is 1. The van der Waals surface area contributed by atoms with Gasteiger partial charge in [-0.1, -0.05) is 28.8 Å². The van der Waals surface area contributed by atoms with Crippen molar-refractivity contribution in [3.63, 3.8) is 0 Å². The van der Waals surface area contributed by atoms with Crippen molar-refractivity contribution in [1.82, 2.24) is 5.32 Å². The molecule has 1 aromatic rings. The largest absolute Gasteiger partial charge is 0.310 e. The van der Waals surface area contributed by atoms with E-state index in [9.17, 15) is 8.78 Å². The SMILES string of the molecule is Fc1cc(Br)cc(F)c1CNC1CCCC1. The Morgan fingerprint density at radius 2 is 1.75 bits per heavy atom. The van der Waals surface area contributed by atoms with Crippen LogP contribution in [0.2, 0.25) is 0 Å². The highest BCUT2D eigenvalue weighted by atomic mass is 79.9. The van der Waals surface area contributed by atoms with Crippen LogP contribution in [-0.4, -0.2) is 6.04 Å². The predicted octanol–water partition coefficient (Wildman–Crippen LogP) is 3.76. The van der Waals surface area contributed by atoms with Crippen LogP contribution in [0.25, 0.3) is 0 Å². The molecule has 0 atom stereocenters. The molecule has 0 aliphatic heterocycles. The lowest BCUT2D eigenvalue weighted by molar-refractivity contribution is 0.486. The molecule has 88 valence electrons. The maximum atomic E-state index is 13.5. The van der Waals surface area contributed by atoms with Gasteiger partial charge in [0.15, 0.2) is 0 Å². The number of halogens is 3. The topological polar surface area (TPSA) is 12.0 Å². The first kappa shape index (κ1) is 12.0. The Morgan fingerprint density at radius 3 is 2.31 bits per heavy atom. The van der Waals surface area contributed by atoms with Crippen molar-refractivity contribution in [2.45, 2.75) is 38.3 Å². The second-order valence-electron chi connectivity index (χ2n) is 4.21. The highest BCUT2D eigenvalue weighted by Gasteiger charge is 2.16. The fourth-order valence-corrected chi connectivity index (χ4v) is 2.52. The van der Waals surface area contributed by atoms with Gasteiger partial charge in [-0.3, -0.25) is 0 Å². The van der Waals surface area contributed by atoms with Crippen LogP contribution in [0, 0.1) is 11.6 Å². The molecular formula is C12H14BrF2N. The lowest BCUT2D eigenvalue weighted by atomic mass is 10.1. The first-order valence-corrected chi connectivity index (χ1v) is 6.33. The predicted molar refractivity (Wildman–Crippen MR) is 63.2 cm³/mol. The van der Waals surface area contributed by atoms with Gasteiger partial charge >= 0.3 is 0 Å². The third-order valence-corrected chi connectivity index (χ3v) is 3.49. The molecule has 0 amide bonds. The monoisotopic (exact) mass is 289 g/mol. The van der Waals surface area contributed by atoms with Gasteiger partial charge in [0.2, 0.25) is 0 Å². The third kappa shape index (κ3) is 2.80. The van der Waals surface area contributed by atoms with Crippen molar-refractivity contribution in [1.29, 1.82) is 0 Å². The van der Waals surface area contributed by atoms with E-state index in [1.165, 1.54) is 25.0 Å². The van der Waals surface area contributed by atoms with Gasteiger partial charge in [-0.05, 0) is 25.0 Å². The van der Waals surface area contributed by atoms with Gasteiger partial charge in [0.25, 0.3) is 0 Å². The minimum atomic E-state index is -0.489. The molecule has 0 heterocycles. The summed E-state index contributed by atoms with van der Waals surface area (Å²) in [4.78, 5) is 0. The minimum Gasteiger partial charge on any atom is -0.310 e. The van der Waals surface area contributed by atoms with Crippen LogP contribution >= 0.6 is 15.9 Å². The molecule has 1 aliphatic rings. The number of hydrogen-bond donors (Lipinski definition) is 1. The van der Waals surface area contributed by atoms with Crippen molar-refractivity contribution in [3.8, 4) is 0 Å². The van der Waals surface area contributed by atoms with Crippen molar-refractivity contribution >= 4 is 15.9 Å². The van der Waals surface area contributed by atoms with Gasteiger partial charge in [0, 0.05) is 22.6 Å². The van der Waals surface area contributed by atoms with E-state index in [0.29, 0.717) is 10.5 Å². The Morgan fingerprint density at radius 1 is 1.19 bits per heavy atom. The zero-order valence-electron chi connectivity index (χ0n) is 8.90. The second kappa shape index (κ2) is 5.23. The lowest BCUT2D eigenvalue weighted by Crippen LogP contribution is -2.26. The summed E-state index contributed by atoms with van der Waals surface area (Å²) in [5.74, 6) is -0.977. The van der Waals surface area contributed by atoms with Crippen LogP contribution in [0.3, 0.4) is 0 Å². The van der Waals surface area contributed by atoms with E-state index in [2.05, 4.69) is 21.2 Å². The number of benzene rings is 1. The van der Waals surface area contributed by atoms with Gasteiger partial charge in [0.05, 0.1) is 0 Å². The van der Waals surface area contributed by atoms with Crippen LogP contribution in [0.1, 0.15) is 31.2 Å². The Hall–Kier alpha value is -0.480. The van der Waals surface area contributed by atoms with Gasteiger partial charge in [-0.15, -0.1) is 0 Å². The van der Waals surface area contributed by atoms with E-state index in [4.69, 9.17) is 0 Å². The average Bonchev–Trinajstić information content (AvgIpc) is 2.68. The van der Waals surface area contributed by atoms with Gasteiger partial charge in [-0.2, -0.15) is 0 Å². The summed E-state index contributed by atoms with van der Waals surface area (Å²) in [6.45, 7) is 0.273. The van der Waals surface area contributed by atoms with Crippen LogP contribution < -0.4 is 5.32 Å². The van der Waals surface area contributed by atoms with E-state index in [1.807, 2.05) is 0 Å². The molecule has 2 rings (SSSR count). The minimum absolute atomic E-state index is 0.134. The Labute approximate surface area is 102 Å². The quantitative estimate of drug-likeness (QED) is 0.893. The molecule has 0 spiro atoms. The number of rotatable bonds is 3. The van der Waals surface area contributed by atoms with E-state index in [1.54, 1.807) is 0 Å². The van der Waals surface area contributed by atoms with Crippen molar-refractivity contribution in [2.75, 3.05) is 0 Å². The van der Waals surface area contributed by atoms with E-state index >= 15 is 0 Å². The van der Waals surface area contributed by atoms with Crippen LogP contribution in [-0.2, 0) is 6.54 Å². The third-order valence-electron chi connectivity index (χ3n) is 3.03. The Bertz CT molecular complexity index is 352. The van der Waals surface area contributed by atoms with E-state index in [-0.39, 0.29) is 12.1 Å². The maximum absolute atomic E-state index is 13.5. The molecule has 1 aliphatic carbocycles. The molecule has 1 fully saturated rings. The van der Waals surface area contributed by atoms with Crippen molar-refractivity contribution in [3.05, 3.63) is 33.8 Å². The Kier molecular flexibility index (Phi) is 3.92. The molecule has 0 unspecified atom stereocenters.